The van der Waals surface area contributed by atoms with Crippen LogP contribution in [-0.4, -0.2) is 110 Å². The Bertz CT molecular complexity index is 2910. The molecule has 3 fully saturated rings. The zero-order chi connectivity index (χ0) is 52.3. The maximum absolute atomic E-state index is 14.5. The molecule has 19 heteroatoms. The van der Waals surface area contributed by atoms with Crippen molar-refractivity contribution in [1.82, 2.24) is 45.4 Å². The average Bonchev–Trinajstić information content (AvgIpc) is 4.24. The number of fused-ring (bicyclic) bond motifs is 5. The second-order valence-electron chi connectivity index (χ2n) is 22.2. The molecule has 2 aromatic carbocycles. The number of rotatable bonds is 11. The third kappa shape index (κ3) is 9.72. The van der Waals surface area contributed by atoms with Crippen LogP contribution in [-0.2, 0) is 35.6 Å². The first-order chi connectivity index (χ1) is 35.4. The maximum atomic E-state index is 14.5. The lowest BCUT2D eigenvalue weighted by molar-refractivity contribution is -0.138. The minimum atomic E-state index is -0.743. The minimum Gasteiger partial charge on any atom is -0.465 e. The van der Waals surface area contributed by atoms with E-state index in [9.17, 15) is 19.2 Å². The van der Waals surface area contributed by atoms with Crippen molar-refractivity contribution in [1.29, 1.82) is 0 Å². The van der Waals surface area contributed by atoms with Crippen LogP contribution in [0.5, 0.6) is 5.75 Å². The van der Waals surface area contributed by atoms with Crippen LogP contribution in [0.25, 0.3) is 22.5 Å². The lowest BCUT2D eigenvalue weighted by Crippen LogP contribution is -2.54. The van der Waals surface area contributed by atoms with E-state index in [1.807, 2.05) is 56.1 Å². The average molecular weight is 1030 g/mol. The topological polar surface area (TPSA) is 209 Å². The Hall–Kier alpha value is -6.47. The van der Waals surface area contributed by atoms with Crippen LogP contribution in [0.1, 0.15) is 150 Å². The molecule has 3 unspecified atom stereocenters. The molecule has 0 bridgehead atoms. The summed E-state index contributed by atoms with van der Waals surface area (Å²) in [7, 11) is 2.62. The lowest BCUT2D eigenvalue weighted by atomic mass is 9.85. The van der Waals surface area contributed by atoms with Gasteiger partial charge in [-0.25, -0.2) is 24.5 Å². The Morgan fingerprint density at radius 2 is 1.42 bits per heavy atom. The first kappa shape index (κ1) is 51.0. The van der Waals surface area contributed by atoms with E-state index < -0.39 is 30.5 Å². The number of carbonyl (C=O) groups is 4. The summed E-state index contributed by atoms with van der Waals surface area (Å²) in [6.45, 7) is 17.6. The molecule has 394 valence electrons. The molecular formula is C55H70N10O8S. The Kier molecular flexibility index (Phi) is 14.0. The van der Waals surface area contributed by atoms with Crippen molar-refractivity contribution in [3.05, 3.63) is 87.1 Å². The molecule has 5 aliphatic rings. The van der Waals surface area contributed by atoms with Crippen LogP contribution in [0, 0.1) is 18.8 Å². The molecule has 74 heavy (non-hydrogen) atoms. The van der Waals surface area contributed by atoms with E-state index in [-0.39, 0.29) is 59.4 Å². The second-order valence-corrected chi connectivity index (χ2v) is 23.2. The first-order valence-electron chi connectivity index (χ1n) is 26.1. The van der Waals surface area contributed by atoms with Crippen LogP contribution in [0.4, 0.5) is 15.3 Å². The number of methoxy groups -OCH3 is 2. The van der Waals surface area contributed by atoms with Crippen molar-refractivity contribution >= 4 is 41.0 Å². The van der Waals surface area contributed by atoms with E-state index in [1.165, 1.54) is 19.8 Å². The number of benzene rings is 2. The third-order valence-electron chi connectivity index (χ3n) is 15.5. The number of carbonyl (C=O) groups excluding carboxylic acids is 4. The number of H-pyrrole nitrogens is 2. The fraction of sp³-hybridized carbons (Fsp3) is 0.545. The highest BCUT2D eigenvalue weighted by Gasteiger charge is 2.46. The van der Waals surface area contributed by atoms with Crippen molar-refractivity contribution in [2.24, 2.45) is 11.8 Å². The predicted octanol–water partition coefficient (Wildman–Crippen LogP) is 9.36. The molecule has 10 rings (SSSR count). The van der Waals surface area contributed by atoms with Crippen molar-refractivity contribution < 1.29 is 38.1 Å². The number of aromatic nitrogens is 5. The molecule has 3 aromatic heterocycles. The number of nitrogens with zero attached hydrogens (tertiary/aromatic N) is 6. The molecule has 9 atom stereocenters. The summed E-state index contributed by atoms with van der Waals surface area (Å²) >= 11 is 1.68. The molecule has 18 nitrogen and oxygen atoms in total. The number of aryl methyl sites for hydroxylation is 1. The number of imidazole rings is 2. The predicted molar refractivity (Wildman–Crippen MR) is 279 cm³/mol. The van der Waals surface area contributed by atoms with Crippen LogP contribution in [0.2, 0.25) is 0 Å². The summed E-state index contributed by atoms with van der Waals surface area (Å²) in [5.74, 6) is 1.69. The standard InChI is InChI=1S/C55H70N10O8S/c1-28(2)45(61-53(68)70-9)49(66)63-17-11-13-39(63)48-57-26-37(60-48)33-19-29(3)44-41-23-34-22-32(15-16-38(34)65(41)51(73-42(44)24-33)43-27-58-52(74-43)55(6,7)8)36-25-56-47(59-36)40-14-12-18-64(40)50(67)46(62-54(69)71-10)35-20-30(4)72-31(5)21-35/h15-16,19,22,24-28,30-31,35,39-41,45-46,51H,11-14,17-18,20-21,23H2,1-10H3,(H,56,59)(H,57,60)(H,61,68)(H,62,69)/t30-,31+,35?,39-,40-,41?,45-,46+,51?/m0/s1. The number of anilines is 1. The van der Waals surface area contributed by atoms with Gasteiger partial charge in [-0.05, 0) is 119 Å². The van der Waals surface area contributed by atoms with Crippen LogP contribution >= 0.6 is 11.3 Å². The number of ether oxygens (including phenoxy) is 4. The smallest absolute Gasteiger partial charge is 0.407 e. The van der Waals surface area contributed by atoms with E-state index in [0.29, 0.717) is 37.6 Å². The monoisotopic (exact) mass is 1030 g/mol. The quantitative estimate of drug-likeness (QED) is 0.0976. The number of likely N-dealkylation sites (tertiary alicyclic amines) is 2. The largest absolute Gasteiger partial charge is 0.465 e. The van der Waals surface area contributed by atoms with Gasteiger partial charge in [0.05, 0.1) is 78.2 Å². The minimum absolute atomic E-state index is 0.0326. The Balaban J connectivity index is 0.929. The second kappa shape index (κ2) is 20.3. The van der Waals surface area contributed by atoms with Gasteiger partial charge in [0, 0.05) is 41.5 Å². The molecule has 5 aliphatic heterocycles. The first-order valence-corrected chi connectivity index (χ1v) is 27.0. The summed E-state index contributed by atoms with van der Waals surface area (Å²) in [5, 5.41) is 6.66. The number of amides is 4. The Morgan fingerprint density at radius 1 is 0.797 bits per heavy atom. The highest BCUT2D eigenvalue weighted by atomic mass is 32.1. The van der Waals surface area contributed by atoms with Gasteiger partial charge < -0.3 is 54.2 Å². The molecule has 0 radical (unpaired) electrons. The van der Waals surface area contributed by atoms with Gasteiger partial charge in [-0.3, -0.25) is 9.59 Å². The zero-order valence-electron chi connectivity index (χ0n) is 44.1. The van der Waals surface area contributed by atoms with Gasteiger partial charge in [-0.15, -0.1) is 11.3 Å². The van der Waals surface area contributed by atoms with Crippen LogP contribution in [0.3, 0.4) is 0 Å². The van der Waals surface area contributed by atoms with Gasteiger partial charge in [-0.1, -0.05) is 40.7 Å². The fourth-order valence-corrected chi connectivity index (χ4v) is 13.0. The summed E-state index contributed by atoms with van der Waals surface area (Å²) in [5.41, 5.74) is 7.92. The summed E-state index contributed by atoms with van der Waals surface area (Å²) in [6, 6.07) is 8.81. The maximum Gasteiger partial charge on any atom is 0.407 e. The van der Waals surface area contributed by atoms with Gasteiger partial charge in [-0.2, -0.15) is 0 Å². The Morgan fingerprint density at radius 3 is 2.03 bits per heavy atom. The number of alkyl carbamates (subject to hydrolysis) is 2. The van der Waals surface area contributed by atoms with Gasteiger partial charge in [0.15, 0.2) is 0 Å². The van der Waals surface area contributed by atoms with E-state index in [4.69, 9.17) is 33.9 Å². The number of hydrogen-bond donors (Lipinski definition) is 4. The van der Waals surface area contributed by atoms with E-state index >= 15 is 0 Å². The molecule has 0 spiro atoms. The molecule has 4 amide bonds. The highest BCUT2D eigenvalue weighted by Crippen LogP contribution is 2.55. The number of hydrogen-bond acceptors (Lipinski definition) is 13. The van der Waals surface area contributed by atoms with E-state index in [1.54, 1.807) is 11.3 Å². The SMILES string of the molecule is COC(=O)N[C@H](C(=O)N1CCC[C@H]1c1ncc(-c2cc(C)c3c(c2)OC(c2cnc(C(C)(C)C)s2)N2c4ccc(-c5cnc([C@@H]6CCCN6C(=O)[C@H](NC(=O)OC)C6C[C@@H](C)O[C@@H](C)C6)[nH]5)cc4CC32)[nH]1)C(C)C. The molecule has 4 N–H and O–H groups in total. The summed E-state index contributed by atoms with van der Waals surface area (Å²) < 4.78 is 23.0. The van der Waals surface area contributed by atoms with Crippen molar-refractivity contribution in [3.63, 3.8) is 0 Å². The third-order valence-corrected chi connectivity index (χ3v) is 17.0. The number of thiazole rings is 1. The summed E-state index contributed by atoms with van der Waals surface area (Å²) in [6.07, 6.45) is 9.07. The fourth-order valence-electron chi connectivity index (χ4n) is 12.0. The van der Waals surface area contributed by atoms with Gasteiger partial charge in [0.1, 0.15) is 29.5 Å². The van der Waals surface area contributed by atoms with Crippen molar-refractivity contribution in [2.75, 3.05) is 32.2 Å². The van der Waals surface area contributed by atoms with Crippen molar-refractivity contribution in [2.45, 2.75) is 154 Å². The summed E-state index contributed by atoms with van der Waals surface area (Å²) in [4.78, 5) is 82.2. The number of aromatic amines is 2. The molecule has 5 aromatic rings. The molecule has 0 aliphatic carbocycles. The normalized spacial score (nSPS) is 24.2. The molecular weight excluding hydrogens is 961 g/mol. The van der Waals surface area contributed by atoms with Crippen molar-refractivity contribution in [3.8, 4) is 28.3 Å². The van der Waals surface area contributed by atoms with Crippen LogP contribution < -0.4 is 20.3 Å². The van der Waals surface area contributed by atoms with E-state index in [0.717, 1.165) is 87.1 Å². The molecule has 0 saturated carbocycles. The van der Waals surface area contributed by atoms with Gasteiger partial charge >= 0.3 is 12.2 Å². The van der Waals surface area contributed by atoms with E-state index in [2.05, 4.69) is 83.5 Å². The van der Waals surface area contributed by atoms with Crippen LogP contribution in [0.15, 0.2) is 48.9 Å². The van der Waals surface area contributed by atoms with Gasteiger partial charge in [0.25, 0.3) is 0 Å². The Labute approximate surface area is 436 Å². The lowest BCUT2D eigenvalue weighted by Gasteiger charge is -2.41. The molecule has 3 saturated heterocycles. The number of nitrogens with one attached hydrogen (secondary N) is 4. The van der Waals surface area contributed by atoms with Gasteiger partial charge in [0.2, 0.25) is 18.0 Å². The zero-order valence-corrected chi connectivity index (χ0v) is 44.9. The highest BCUT2D eigenvalue weighted by molar-refractivity contribution is 7.11. The molecule has 8 heterocycles.